The first-order valence-corrected chi connectivity index (χ1v) is 6.58. The van der Waals surface area contributed by atoms with E-state index in [4.69, 9.17) is 5.73 Å². The molecule has 1 aromatic rings. The molecule has 0 aliphatic heterocycles. The predicted octanol–water partition coefficient (Wildman–Crippen LogP) is 3.28. The fourth-order valence-corrected chi connectivity index (χ4v) is 2.25. The third-order valence-corrected chi connectivity index (χ3v) is 3.30. The van der Waals surface area contributed by atoms with Crippen molar-refractivity contribution < 1.29 is 0 Å². The number of nitrogens with two attached hydrogens (primary N) is 1. The molecule has 0 atom stereocenters. The van der Waals surface area contributed by atoms with Gasteiger partial charge in [0.05, 0.1) is 0 Å². The maximum absolute atomic E-state index is 5.73. The summed E-state index contributed by atoms with van der Waals surface area (Å²) in [5, 5.41) is 0. The molecular weight excluding hydrogens is 208 g/mol. The van der Waals surface area contributed by atoms with Gasteiger partial charge in [-0.2, -0.15) is 0 Å². The molecular formula is C15H26N2. The van der Waals surface area contributed by atoms with E-state index in [1.54, 1.807) is 0 Å². The average Bonchev–Trinajstić information content (AvgIpc) is 2.28. The molecule has 0 amide bonds. The lowest BCUT2D eigenvalue weighted by Crippen LogP contribution is -2.37. The first kappa shape index (κ1) is 14.0. The lowest BCUT2D eigenvalue weighted by molar-refractivity contribution is 0.234. The Hall–Kier alpha value is -1.02. The Kier molecular flexibility index (Phi) is 5.01. The van der Waals surface area contributed by atoms with Gasteiger partial charge >= 0.3 is 0 Å². The first-order chi connectivity index (χ1) is 7.99. The van der Waals surface area contributed by atoms with E-state index in [-0.39, 0.29) is 5.41 Å². The van der Waals surface area contributed by atoms with Crippen LogP contribution in [0.3, 0.4) is 0 Å². The van der Waals surface area contributed by atoms with Crippen molar-refractivity contribution in [2.75, 3.05) is 25.4 Å². The maximum atomic E-state index is 5.73. The second-order valence-corrected chi connectivity index (χ2v) is 5.37. The lowest BCUT2D eigenvalue weighted by atomic mass is 9.84. The van der Waals surface area contributed by atoms with E-state index in [0.29, 0.717) is 0 Å². The van der Waals surface area contributed by atoms with Crippen LogP contribution in [0.25, 0.3) is 0 Å². The number of rotatable bonds is 6. The van der Waals surface area contributed by atoms with E-state index in [1.165, 1.54) is 18.5 Å². The summed E-state index contributed by atoms with van der Waals surface area (Å²) in [7, 11) is 0. The molecule has 0 bridgehead atoms. The molecule has 2 nitrogen and oxygen atoms in total. The highest BCUT2D eigenvalue weighted by atomic mass is 15.1. The van der Waals surface area contributed by atoms with Crippen LogP contribution in [0, 0.1) is 0 Å². The van der Waals surface area contributed by atoms with E-state index in [1.807, 2.05) is 12.1 Å². The normalized spacial score (nSPS) is 12.1. The summed E-state index contributed by atoms with van der Waals surface area (Å²) in [4.78, 5) is 2.51. The largest absolute Gasteiger partial charge is 0.399 e. The Bertz CT molecular complexity index is 327. The molecule has 0 heterocycles. The van der Waals surface area contributed by atoms with Crippen LogP contribution >= 0.6 is 0 Å². The van der Waals surface area contributed by atoms with Gasteiger partial charge in [0.1, 0.15) is 0 Å². The van der Waals surface area contributed by atoms with Crippen LogP contribution in [0.5, 0.6) is 0 Å². The van der Waals surface area contributed by atoms with E-state index in [9.17, 15) is 0 Å². The molecule has 0 radical (unpaired) electrons. The van der Waals surface area contributed by atoms with Crippen LogP contribution in [-0.2, 0) is 5.41 Å². The molecule has 96 valence electrons. The first-order valence-electron chi connectivity index (χ1n) is 6.58. The Morgan fingerprint density at radius 2 is 1.71 bits per heavy atom. The quantitative estimate of drug-likeness (QED) is 0.765. The molecule has 1 aromatic carbocycles. The number of anilines is 1. The van der Waals surface area contributed by atoms with Crippen molar-refractivity contribution in [3.8, 4) is 0 Å². The number of nitrogen functional groups attached to an aromatic ring is 1. The van der Waals surface area contributed by atoms with Gasteiger partial charge in [-0.15, -0.1) is 0 Å². The maximum Gasteiger partial charge on any atom is 0.0314 e. The smallest absolute Gasteiger partial charge is 0.0314 e. The Balaban J connectivity index is 2.76. The second-order valence-electron chi connectivity index (χ2n) is 5.37. The van der Waals surface area contributed by atoms with Crippen LogP contribution in [0.1, 0.15) is 39.7 Å². The third kappa shape index (κ3) is 4.04. The molecule has 0 aromatic heterocycles. The van der Waals surface area contributed by atoms with Crippen molar-refractivity contribution in [1.82, 2.24) is 4.90 Å². The average molecular weight is 234 g/mol. The molecule has 0 saturated heterocycles. The van der Waals surface area contributed by atoms with Gasteiger partial charge in [0.25, 0.3) is 0 Å². The lowest BCUT2D eigenvalue weighted by Gasteiger charge is -2.32. The van der Waals surface area contributed by atoms with Gasteiger partial charge < -0.3 is 10.6 Å². The summed E-state index contributed by atoms with van der Waals surface area (Å²) in [5.41, 5.74) is 8.11. The van der Waals surface area contributed by atoms with Crippen molar-refractivity contribution in [1.29, 1.82) is 0 Å². The summed E-state index contributed by atoms with van der Waals surface area (Å²) in [6.45, 7) is 12.5. The van der Waals surface area contributed by atoms with Crippen molar-refractivity contribution in [3.63, 3.8) is 0 Å². The van der Waals surface area contributed by atoms with Gasteiger partial charge in [0.15, 0.2) is 0 Å². The van der Waals surface area contributed by atoms with E-state index in [0.717, 1.165) is 18.8 Å². The number of likely N-dealkylation sites (N-methyl/N-ethyl adjacent to an activating group) is 1. The minimum absolute atomic E-state index is 0.179. The standard InChI is InChI=1S/C15H26N2/c1-5-11-17(6-2)12-15(3,4)13-7-9-14(16)10-8-13/h7-10H,5-6,11-12,16H2,1-4H3. The van der Waals surface area contributed by atoms with Crippen LogP contribution in [0.2, 0.25) is 0 Å². The number of hydrogen-bond acceptors (Lipinski definition) is 2. The molecule has 0 spiro atoms. The summed E-state index contributed by atoms with van der Waals surface area (Å²) in [6, 6.07) is 8.28. The zero-order valence-electron chi connectivity index (χ0n) is 11.7. The molecule has 0 fully saturated rings. The molecule has 1 rings (SSSR count). The van der Waals surface area contributed by atoms with E-state index in [2.05, 4.69) is 44.7 Å². The Labute approximate surface area is 106 Å². The molecule has 0 aliphatic rings. The Morgan fingerprint density at radius 3 is 2.18 bits per heavy atom. The van der Waals surface area contributed by atoms with E-state index >= 15 is 0 Å². The summed E-state index contributed by atoms with van der Waals surface area (Å²) >= 11 is 0. The van der Waals surface area contributed by atoms with Gasteiger partial charge in [-0.3, -0.25) is 0 Å². The number of hydrogen-bond donors (Lipinski definition) is 1. The number of benzene rings is 1. The third-order valence-electron chi connectivity index (χ3n) is 3.30. The van der Waals surface area contributed by atoms with Crippen molar-refractivity contribution >= 4 is 5.69 Å². The fraction of sp³-hybridized carbons (Fsp3) is 0.600. The van der Waals surface area contributed by atoms with Crippen LogP contribution < -0.4 is 5.73 Å². The summed E-state index contributed by atoms with van der Waals surface area (Å²) in [5.74, 6) is 0. The predicted molar refractivity (Wildman–Crippen MR) is 76.3 cm³/mol. The van der Waals surface area contributed by atoms with Gasteiger partial charge in [-0.1, -0.05) is 39.8 Å². The minimum Gasteiger partial charge on any atom is -0.399 e. The van der Waals surface area contributed by atoms with Crippen LogP contribution in [0.15, 0.2) is 24.3 Å². The molecule has 0 saturated carbocycles. The second kappa shape index (κ2) is 6.06. The van der Waals surface area contributed by atoms with Gasteiger partial charge in [0.2, 0.25) is 0 Å². The summed E-state index contributed by atoms with van der Waals surface area (Å²) < 4.78 is 0. The highest BCUT2D eigenvalue weighted by Crippen LogP contribution is 2.25. The van der Waals surface area contributed by atoms with Crippen molar-refractivity contribution in [2.45, 2.75) is 39.5 Å². The zero-order chi connectivity index (χ0) is 12.9. The zero-order valence-corrected chi connectivity index (χ0v) is 11.7. The highest BCUT2D eigenvalue weighted by molar-refractivity contribution is 5.41. The van der Waals surface area contributed by atoms with Crippen molar-refractivity contribution in [2.24, 2.45) is 0 Å². The van der Waals surface area contributed by atoms with Crippen LogP contribution in [-0.4, -0.2) is 24.5 Å². The van der Waals surface area contributed by atoms with Gasteiger partial charge in [0, 0.05) is 17.6 Å². The van der Waals surface area contributed by atoms with Gasteiger partial charge in [-0.05, 0) is 37.2 Å². The molecule has 2 N–H and O–H groups in total. The van der Waals surface area contributed by atoms with Crippen LogP contribution in [0.4, 0.5) is 5.69 Å². The molecule has 17 heavy (non-hydrogen) atoms. The molecule has 0 unspecified atom stereocenters. The monoisotopic (exact) mass is 234 g/mol. The minimum atomic E-state index is 0.179. The number of nitrogens with zero attached hydrogens (tertiary/aromatic N) is 1. The summed E-state index contributed by atoms with van der Waals surface area (Å²) in [6.07, 6.45) is 1.21. The highest BCUT2D eigenvalue weighted by Gasteiger charge is 2.22. The van der Waals surface area contributed by atoms with E-state index < -0.39 is 0 Å². The Morgan fingerprint density at radius 1 is 1.12 bits per heavy atom. The SMILES string of the molecule is CCCN(CC)CC(C)(C)c1ccc(N)cc1. The van der Waals surface area contributed by atoms with Gasteiger partial charge in [-0.25, -0.2) is 0 Å². The topological polar surface area (TPSA) is 29.3 Å². The fourth-order valence-electron chi connectivity index (χ4n) is 2.25. The molecule has 2 heteroatoms. The van der Waals surface area contributed by atoms with Crippen molar-refractivity contribution in [3.05, 3.63) is 29.8 Å². The molecule has 0 aliphatic carbocycles.